The molecule has 78 valence electrons. The van der Waals surface area contributed by atoms with Gasteiger partial charge in [0, 0.05) is 6.54 Å². The molecular weight excluding hydrogens is 162 g/mol. The van der Waals surface area contributed by atoms with Crippen LogP contribution in [-0.2, 0) is 4.74 Å². The average Bonchev–Trinajstić information content (AvgIpc) is 2.14. The smallest absolute Gasteiger partial charge is 0.0968 e. The van der Waals surface area contributed by atoms with Crippen LogP contribution in [0, 0.1) is 5.92 Å². The standard InChI is InChI=1S/C11H23NO/c1-10(2)13-9-12-8-11-6-4-3-5-7-11/h10-12H,3-9H2,1-2H3. The molecule has 0 aromatic rings. The average molecular weight is 185 g/mol. The fourth-order valence-electron chi connectivity index (χ4n) is 1.88. The van der Waals surface area contributed by atoms with Crippen LogP contribution in [0.1, 0.15) is 46.0 Å². The summed E-state index contributed by atoms with van der Waals surface area (Å²) < 4.78 is 5.42. The van der Waals surface area contributed by atoms with E-state index in [1.54, 1.807) is 0 Å². The molecule has 0 spiro atoms. The Kier molecular flexibility index (Phi) is 5.40. The van der Waals surface area contributed by atoms with Crippen molar-refractivity contribution in [3.8, 4) is 0 Å². The Morgan fingerprint density at radius 3 is 2.54 bits per heavy atom. The van der Waals surface area contributed by atoms with E-state index in [1.165, 1.54) is 32.1 Å². The zero-order valence-corrected chi connectivity index (χ0v) is 9.01. The van der Waals surface area contributed by atoms with Gasteiger partial charge in [-0.3, -0.25) is 5.32 Å². The molecule has 2 heteroatoms. The zero-order chi connectivity index (χ0) is 9.52. The number of nitrogens with one attached hydrogen (secondary N) is 1. The summed E-state index contributed by atoms with van der Waals surface area (Å²) in [5, 5.41) is 3.36. The van der Waals surface area contributed by atoms with Gasteiger partial charge in [0.25, 0.3) is 0 Å². The Morgan fingerprint density at radius 2 is 1.92 bits per heavy atom. The molecule has 0 aromatic heterocycles. The van der Waals surface area contributed by atoms with E-state index in [0.29, 0.717) is 12.8 Å². The van der Waals surface area contributed by atoms with Crippen LogP contribution in [0.2, 0.25) is 0 Å². The Morgan fingerprint density at radius 1 is 1.23 bits per heavy atom. The first-order valence-electron chi connectivity index (χ1n) is 5.61. The van der Waals surface area contributed by atoms with Gasteiger partial charge in [0.05, 0.1) is 12.8 Å². The summed E-state index contributed by atoms with van der Waals surface area (Å²) in [4.78, 5) is 0. The third-order valence-electron chi connectivity index (χ3n) is 2.68. The predicted octanol–water partition coefficient (Wildman–Crippen LogP) is 2.54. The van der Waals surface area contributed by atoms with E-state index in [4.69, 9.17) is 4.74 Å². The van der Waals surface area contributed by atoms with E-state index in [0.717, 1.165) is 12.5 Å². The van der Waals surface area contributed by atoms with E-state index in [9.17, 15) is 0 Å². The highest BCUT2D eigenvalue weighted by Crippen LogP contribution is 2.22. The molecule has 0 radical (unpaired) electrons. The maximum absolute atomic E-state index is 5.42. The quantitative estimate of drug-likeness (QED) is 0.525. The first-order valence-corrected chi connectivity index (χ1v) is 5.61. The molecule has 0 saturated heterocycles. The summed E-state index contributed by atoms with van der Waals surface area (Å²) in [6.07, 6.45) is 7.47. The van der Waals surface area contributed by atoms with Crippen LogP contribution >= 0.6 is 0 Å². The van der Waals surface area contributed by atoms with Gasteiger partial charge in [-0.1, -0.05) is 19.3 Å². The van der Waals surface area contributed by atoms with E-state index >= 15 is 0 Å². The van der Waals surface area contributed by atoms with Crippen molar-refractivity contribution in [3.63, 3.8) is 0 Å². The number of rotatable bonds is 5. The molecule has 0 amide bonds. The molecular formula is C11H23NO. The van der Waals surface area contributed by atoms with Crippen molar-refractivity contribution in [1.29, 1.82) is 0 Å². The highest BCUT2D eigenvalue weighted by molar-refractivity contribution is 4.67. The van der Waals surface area contributed by atoms with Gasteiger partial charge in [-0.05, 0) is 32.6 Å². The van der Waals surface area contributed by atoms with Crippen molar-refractivity contribution >= 4 is 0 Å². The Balaban J connectivity index is 1.92. The van der Waals surface area contributed by atoms with E-state index < -0.39 is 0 Å². The first-order chi connectivity index (χ1) is 6.29. The Labute approximate surface area is 82.0 Å². The second-order valence-electron chi connectivity index (χ2n) is 4.32. The third kappa shape index (κ3) is 5.27. The van der Waals surface area contributed by atoms with E-state index in [1.807, 2.05) is 0 Å². The summed E-state index contributed by atoms with van der Waals surface area (Å²) in [6, 6.07) is 0. The molecule has 0 bridgehead atoms. The summed E-state index contributed by atoms with van der Waals surface area (Å²) in [5.41, 5.74) is 0. The highest BCUT2D eigenvalue weighted by atomic mass is 16.5. The molecule has 0 atom stereocenters. The second-order valence-corrected chi connectivity index (χ2v) is 4.32. The van der Waals surface area contributed by atoms with Crippen molar-refractivity contribution in [2.45, 2.75) is 52.1 Å². The first kappa shape index (κ1) is 11.0. The van der Waals surface area contributed by atoms with Gasteiger partial charge in [0.2, 0.25) is 0 Å². The zero-order valence-electron chi connectivity index (χ0n) is 9.01. The molecule has 1 fully saturated rings. The lowest BCUT2D eigenvalue weighted by atomic mass is 9.89. The summed E-state index contributed by atoms with van der Waals surface area (Å²) in [6.45, 7) is 6.01. The third-order valence-corrected chi connectivity index (χ3v) is 2.68. The summed E-state index contributed by atoms with van der Waals surface area (Å²) in [5.74, 6) is 0.907. The van der Waals surface area contributed by atoms with Crippen molar-refractivity contribution < 1.29 is 4.74 Å². The van der Waals surface area contributed by atoms with Gasteiger partial charge in [-0.25, -0.2) is 0 Å². The van der Waals surface area contributed by atoms with Crippen molar-refractivity contribution in [1.82, 2.24) is 5.32 Å². The van der Waals surface area contributed by atoms with Crippen LogP contribution in [0.15, 0.2) is 0 Å². The number of hydrogen-bond donors (Lipinski definition) is 1. The second kappa shape index (κ2) is 6.39. The number of ether oxygens (including phenoxy) is 1. The molecule has 0 aromatic carbocycles. The number of hydrogen-bond acceptors (Lipinski definition) is 2. The normalized spacial score (nSPS) is 19.6. The molecule has 1 saturated carbocycles. The minimum absolute atomic E-state index is 0.346. The lowest BCUT2D eigenvalue weighted by Gasteiger charge is -2.22. The largest absolute Gasteiger partial charge is 0.364 e. The van der Waals surface area contributed by atoms with Gasteiger partial charge in [-0.2, -0.15) is 0 Å². The van der Waals surface area contributed by atoms with Crippen LogP contribution in [0.4, 0.5) is 0 Å². The SMILES string of the molecule is CC(C)OCNCC1CCCCC1. The molecule has 1 N–H and O–H groups in total. The van der Waals surface area contributed by atoms with Crippen LogP contribution in [0.3, 0.4) is 0 Å². The maximum Gasteiger partial charge on any atom is 0.0968 e. The summed E-state index contributed by atoms with van der Waals surface area (Å²) in [7, 11) is 0. The molecule has 1 aliphatic carbocycles. The van der Waals surface area contributed by atoms with E-state index in [-0.39, 0.29) is 0 Å². The molecule has 13 heavy (non-hydrogen) atoms. The fraction of sp³-hybridized carbons (Fsp3) is 1.00. The van der Waals surface area contributed by atoms with Crippen molar-refractivity contribution in [2.75, 3.05) is 13.3 Å². The van der Waals surface area contributed by atoms with Gasteiger partial charge in [0.1, 0.15) is 0 Å². The monoisotopic (exact) mass is 185 g/mol. The lowest BCUT2D eigenvalue weighted by Crippen LogP contribution is -2.27. The van der Waals surface area contributed by atoms with E-state index in [2.05, 4.69) is 19.2 Å². The van der Waals surface area contributed by atoms with Gasteiger partial charge in [-0.15, -0.1) is 0 Å². The lowest BCUT2D eigenvalue weighted by molar-refractivity contribution is 0.0613. The molecule has 0 aliphatic heterocycles. The molecule has 2 nitrogen and oxygen atoms in total. The molecule has 1 rings (SSSR count). The van der Waals surface area contributed by atoms with Crippen molar-refractivity contribution in [3.05, 3.63) is 0 Å². The van der Waals surface area contributed by atoms with Crippen LogP contribution < -0.4 is 5.32 Å². The van der Waals surface area contributed by atoms with Gasteiger partial charge >= 0.3 is 0 Å². The molecule has 0 heterocycles. The Bertz CT molecular complexity index is 119. The topological polar surface area (TPSA) is 21.3 Å². The summed E-state index contributed by atoms with van der Waals surface area (Å²) >= 11 is 0. The van der Waals surface area contributed by atoms with Gasteiger partial charge < -0.3 is 4.74 Å². The Hall–Kier alpha value is -0.0800. The van der Waals surface area contributed by atoms with Crippen molar-refractivity contribution in [2.24, 2.45) is 5.92 Å². The maximum atomic E-state index is 5.42. The fourth-order valence-corrected chi connectivity index (χ4v) is 1.88. The molecule has 0 unspecified atom stereocenters. The minimum Gasteiger partial charge on any atom is -0.364 e. The van der Waals surface area contributed by atoms with Crippen LogP contribution in [0.25, 0.3) is 0 Å². The van der Waals surface area contributed by atoms with Gasteiger partial charge in [0.15, 0.2) is 0 Å². The highest BCUT2D eigenvalue weighted by Gasteiger charge is 2.12. The predicted molar refractivity (Wildman–Crippen MR) is 55.7 cm³/mol. The van der Waals surface area contributed by atoms with Crippen LogP contribution in [-0.4, -0.2) is 19.4 Å². The minimum atomic E-state index is 0.346. The van der Waals surface area contributed by atoms with Crippen LogP contribution in [0.5, 0.6) is 0 Å². The molecule has 1 aliphatic rings.